The second-order valence-corrected chi connectivity index (χ2v) is 4.48. The summed E-state index contributed by atoms with van der Waals surface area (Å²) in [5, 5.41) is 0. The van der Waals surface area contributed by atoms with Crippen molar-refractivity contribution < 1.29 is 14.0 Å². The molecular weight excluding hydrogens is 202 g/mol. The molecule has 0 saturated heterocycles. The Balaban J connectivity index is 2.37. The van der Waals surface area contributed by atoms with Gasteiger partial charge >= 0.3 is 5.97 Å². The molecule has 1 aromatic rings. The first-order valence-corrected chi connectivity index (χ1v) is 5.59. The van der Waals surface area contributed by atoms with Gasteiger partial charge in [0.15, 0.2) is 0 Å². The van der Waals surface area contributed by atoms with Gasteiger partial charge in [0.1, 0.15) is 13.2 Å². The van der Waals surface area contributed by atoms with Gasteiger partial charge in [-0.25, -0.2) is 4.79 Å². The fourth-order valence-corrected chi connectivity index (χ4v) is 1.20. The first-order valence-electron chi connectivity index (χ1n) is 5.59. The minimum absolute atomic E-state index is 0.239. The van der Waals surface area contributed by atoms with Gasteiger partial charge in [-0.15, -0.1) is 0 Å². The highest BCUT2D eigenvalue weighted by Crippen LogP contribution is 2.02. The van der Waals surface area contributed by atoms with Crippen molar-refractivity contribution in [2.24, 2.45) is 0 Å². The topological polar surface area (TPSA) is 26.3 Å². The first-order chi connectivity index (χ1) is 7.55. The Kier molecular flexibility index (Phi) is 4.50. The molecule has 0 heterocycles. The molecule has 1 rings (SSSR count). The summed E-state index contributed by atoms with van der Waals surface area (Å²) in [5.74, 6) is -0.239. The molecule has 0 spiro atoms. The van der Waals surface area contributed by atoms with Crippen LogP contribution in [0.2, 0.25) is 0 Å². The van der Waals surface area contributed by atoms with Crippen molar-refractivity contribution >= 4 is 5.97 Å². The van der Waals surface area contributed by atoms with Gasteiger partial charge in [0.05, 0.1) is 26.2 Å². The van der Waals surface area contributed by atoms with E-state index in [0.717, 1.165) is 17.6 Å². The molecule has 0 N–H and O–H groups in total. The lowest BCUT2D eigenvalue weighted by molar-refractivity contribution is -0.888. The molecule has 16 heavy (non-hydrogen) atoms. The van der Waals surface area contributed by atoms with Crippen LogP contribution >= 0.6 is 0 Å². The number of hydrogen-bond acceptors (Lipinski definition) is 2. The van der Waals surface area contributed by atoms with Crippen LogP contribution in [0.5, 0.6) is 0 Å². The van der Waals surface area contributed by atoms with Gasteiger partial charge in [-0.2, -0.15) is 0 Å². The van der Waals surface area contributed by atoms with Crippen LogP contribution in [-0.4, -0.2) is 44.2 Å². The SMILES string of the molecule is CC[N+](C)(C)CCOC(=O)c1ccccc1. The van der Waals surface area contributed by atoms with E-state index in [-0.39, 0.29) is 5.97 Å². The number of hydrogen-bond donors (Lipinski definition) is 0. The third-order valence-electron chi connectivity index (χ3n) is 2.80. The maximum atomic E-state index is 11.6. The van der Waals surface area contributed by atoms with E-state index in [1.165, 1.54) is 0 Å². The summed E-state index contributed by atoms with van der Waals surface area (Å²) in [6.07, 6.45) is 0. The van der Waals surface area contributed by atoms with Gasteiger partial charge in [0, 0.05) is 0 Å². The minimum atomic E-state index is -0.239. The van der Waals surface area contributed by atoms with E-state index >= 15 is 0 Å². The monoisotopic (exact) mass is 222 g/mol. The standard InChI is InChI=1S/C13H20NO2/c1-4-14(2,3)10-11-16-13(15)12-8-6-5-7-9-12/h5-9H,4,10-11H2,1-3H3/q+1. The summed E-state index contributed by atoms with van der Waals surface area (Å²) >= 11 is 0. The van der Waals surface area contributed by atoms with Gasteiger partial charge in [-0.3, -0.25) is 0 Å². The number of carbonyl (C=O) groups excluding carboxylic acids is 1. The predicted octanol–water partition coefficient (Wildman–Crippen LogP) is 1.94. The number of likely N-dealkylation sites (N-methyl/N-ethyl adjacent to an activating group) is 1. The molecule has 0 amide bonds. The molecule has 0 fully saturated rings. The lowest BCUT2D eigenvalue weighted by Crippen LogP contribution is -2.42. The maximum Gasteiger partial charge on any atom is 0.338 e. The molecule has 0 saturated carbocycles. The van der Waals surface area contributed by atoms with Crippen LogP contribution in [0.3, 0.4) is 0 Å². The molecule has 0 aliphatic rings. The Morgan fingerprint density at radius 1 is 1.25 bits per heavy atom. The molecule has 0 unspecified atom stereocenters. The van der Waals surface area contributed by atoms with E-state index in [4.69, 9.17) is 4.74 Å². The first kappa shape index (κ1) is 12.7. The molecule has 0 aromatic heterocycles. The number of nitrogens with zero attached hydrogens (tertiary/aromatic N) is 1. The van der Waals surface area contributed by atoms with Crippen molar-refractivity contribution in [1.82, 2.24) is 0 Å². The van der Waals surface area contributed by atoms with Crippen LogP contribution in [0.4, 0.5) is 0 Å². The Labute approximate surface area is 97.2 Å². The zero-order valence-electron chi connectivity index (χ0n) is 10.3. The largest absolute Gasteiger partial charge is 0.456 e. The van der Waals surface area contributed by atoms with E-state index < -0.39 is 0 Å². The summed E-state index contributed by atoms with van der Waals surface area (Å²) in [5.41, 5.74) is 0.615. The van der Waals surface area contributed by atoms with Gasteiger partial charge in [-0.1, -0.05) is 18.2 Å². The van der Waals surface area contributed by atoms with Gasteiger partial charge in [0.25, 0.3) is 0 Å². The molecule has 0 aliphatic heterocycles. The Hall–Kier alpha value is -1.35. The fraction of sp³-hybridized carbons (Fsp3) is 0.462. The maximum absolute atomic E-state index is 11.6. The van der Waals surface area contributed by atoms with Crippen LogP contribution < -0.4 is 0 Å². The highest BCUT2D eigenvalue weighted by molar-refractivity contribution is 5.89. The Morgan fingerprint density at radius 3 is 2.44 bits per heavy atom. The summed E-state index contributed by atoms with van der Waals surface area (Å²) in [6, 6.07) is 9.09. The normalized spacial score (nSPS) is 11.2. The van der Waals surface area contributed by atoms with Crippen LogP contribution in [-0.2, 0) is 4.74 Å². The molecule has 0 bridgehead atoms. The van der Waals surface area contributed by atoms with Crippen molar-refractivity contribution in [1.29, 1.82) is 0 Å². The molecule has 0 radical (unpaired) electrons. The van der Waals surface area contributed by atoms with Crippen LogP contribution in [0.25, 0.3) is 0 Å². The number of carbonyl (C=O) groups is 1. The quantitative estimate of drug-likeness (QED) is 0.562. The molecular formula is C13H20NO2+. The van der Waals surface area contributed by atoms with E-state index in [0.29, 0.717) is 12.2 Å². The van der Waals surface area contributed by atoms with Gasteiger partial charge < -0.3 is 9.22 Å². The van der Waals surface area contributed by atoms with Crippen molar-refractivity contribution in [3.8, 4) is 0 Å². The Morgan fingerprint density at radius 2 is 1.88 bits per heavy atom. The lowest BCUT2D eigenvalue weighted by atomic mass is 10.2. The minimum Gasteiger partial charge on any atom is -0.456 e. The van der Waals surface area contributed by atoms with Gasteiger partial charge in [0.2, 0.25) is 0 Å². The van der Waals surface area contributed by atoms with Crippen molar-refractivity contribution in [2.75, 3.05) is 33.8 Å². The van der Waals surface area contributed by atoms with Crippen molar-refractivity contribution in [3.05, 3.63) is 35.9 Å². The molecule has 0 aliphatic carbocycles. The Bertz CT molecular complexity index is 333. The lowest BCUT2D eigenvalue weighted by Gasteiger charge is -2.27. The average molecular weight is 222 g/mol. The van der Waals surface area contributed by atoms with Crippen LogP contribution in [0.15, 0.2) is 30.3 Å². The number of esters is 1. The fourth-order valence-electron chi connectivity index (χ4n) is 1.20. The molecule has 88 valence electrons. The second kappa shape index (κ2) is 5.66. The van der Waals surface area contributed by atoms with E-state index in [1.807, 2.05) is 18.2 Å². The summed E-state index contributed by atoms with van der Waals surface area (Å²) < 4.78 is 6.07. The number of benzene rings is 1. The summed E-state index contributed by atoms with van der Waals surface area (Å²) in [4.78, 5) is 11.6. The summed E-state index contributed by atoms with van der Waals surface area (Å²) in [7, 11) is 4.24. The number of quaternary nitrogens is 1. The number of rotatable bonds is 5. The molecule has 0 atom stereocenters. The van der Waals surface area contributed by atoms with Crippen molar-refractivity contribution in [3.63, 3.8) is 0 Å². The molecule has 1 aromatic carbocycles. The zero-order valence-corrected chi connectivity index (χ0v) is 10.3. The molecule has 3 heteroatoms. The van der Waals surface area contributed by atoms with Gasteiger partial charge in [-0.05, 0) is 19.1 Å². The highest BCUT2D eigenvalue weighted by atomic mass is 16.5. The third kappa shape index (κ3) is 4.03. The third-order valence-corrected chi connectivity index (χ3v) is 2.80. The zero-order chi connectivity index (χ0) is 12.0. The van der Waals surface area contributed by atoms with Crippen LogP contribution in [0, 0.1) is 0 Å². The number of ether oxygens (including phenoxy) is 1. The average Bonchev–Trinajstić information content (AvgIpc) is 2.30. The van der Waals surface area contributed by atoms with Crippen molar-refractivity contribution in [2.45, 2.75) is 6.92 Å². The van der Waals surface area contributed by atoms with E-state index in [9.17, 15) is 4.79 Å². The smallest absolute Gasteiger partial charge is 0.338 e. The van der Waals surface area contributed by atoms with E-state index in [2.05, 4.69) is 21.0 Å². The van der Waals surface area contributed by atoms with E-state index in [1.54, 1.807) is 12.1 Å². The second-order valence-electron chi connectivity index (χ2n) is 4.48. The van der Waals surface area contributed by atoms with Crippen LogP contribution in [0.1, 0.15) is 17.3 Å². The predicted molar refractivity (Wildman–Crippen MR) is 64.2 cm³/mol. The molecule has 3 nitrogen and oxygen atoms in total. The summed E-state index contributed by atoms with van der Waals surface area (Å²) in [6.45, 7) is 4.46. The highest BCUT2D eigenvalue weighted by Gasteiger charge is 2.13.